The monoisotopic (exact) mass is 314 g/mol. The van der Waals surface area contributed by atoms with Gasteiger partial charge in [0.1, 0.15) is 5.82 Å². The molecule has 0 amide bonds. The van der Waals surface area contributed by atoms with Crippen LogP contribution in [0.3, 0.4) is 0 Å². The van der Waals surface area contributed by atoms with E-state index in [0.29, 0.717) is 18.0 Å². The summed E-state index contributed by atoms with van der Waals surface area (Å²) >= 11 is 0. The molecule has 6 heteroatoms. The summed E-state index contributed by atoms with van der Waals surface area (Å²) in [7, 11) is -3.67. The lowest BCUT2D eigenvalue weighted by Crippen LogP contribution is -2.43. The average Bonchev–Trinajstić information content (AvgIpc) is 2.35. The van der Waals surface area contributed by atoms with Gasteiger partial charge in [-0.25, -0.2) is 17.5 Å². The fourth-order valence-electron chi connectivity index (χ4n) is 2.52. The molecule has 2 N–H and O–H groups in total. The molecule has 0 aliphatic heterocycles. The fourth-order valence-corrected chi connectivity index (χ4v) is 4.03. The third-order valence-electron chi connectivity index (χ3n) is 3.72. The van der Waals surface area contributed by atoms with Crippen molar-refractivity contribution in [3.05, 3.63) is 29.6 Å². The Balaban J connectivity index is 2.21. The molecule has 0 radical (unpaired) electrons. The van der Waals surface area contributed by atoms with Crippen LogP contribution in [0.25, 0.3) is 0 Å². The molecule has 1 aromatic carbocycles. The molecule has 0 aromatic heterocycles. The Morgan fingerprint density at radius 1 is 1.33 bits per heavy atom. The van der Waals surface area contributed by atoms with Gasteiger partial charge in [-0.15, -0.1) is 0 Å². The van der Waals surface area contributed by atoms with E-state index in [1.54, 1.807) is 0 Å². The molecular formula is C15H23FN2O2S. The molecule has 1 aliphatic carbocycles. The van der Waals surface area contributed by atoms with Crippen LogP contribution < -0.4 is 10.0 Å². The van der Waals surface area contributed by atoms with E-state index in [9.17, 15) is 12.8 Å². The summed E-state index contributed by atoms with van der Waals surface area (Å²) in [4.78, 5) is 0.0372. The Hall–Kier alpha value is -0.980. The predicted molar refractivity (Wildman–Crippen MR) is 80.9 cm³/mol. The van der Waals surface area contributed by atoms with Gasteiger partial charge in [-0.3, -0.25) is 0 Å². The Bertz CT molecular complexity index is 596. The fraction of sp³-hybridized carbons (Fsp3) is 0.600. The van der Waals surface area contributed by atoms with Crippen LogP contribution in [0.5, 0.6) is 0 Å². The standard InChI is InChI=1S/C15H23FN2O2S/c1-10(2)17-9-12-4-5-13(16)8-15(12)21(19,20)18-14-6-11(3)7-14/h4-5,8,10-11,14,17-18H,6-7,9H2,1-3H3. The first-order chi connectivity index (χ1) is 9.78. The topological polar surface area (TPSA) is 58.2 Å². The van der Waals surface area contributed by atoms with E-state index in [2.05, 4.69) is 17.0 Å². The van der Waals surface area contributed by atoms with Crippen LogP contribution in [0.15, 0.2) is 23.1 Å². The van der Waals surface area contributed by atoms with Crippen molar-refractivity contribution < 1.29 is 12.8 Å². The first kappa shape index (κ1) is 16.4. The van der Waals surface area contributed by atoms with E-state index >= 15 is 0 Å². The van der Waals surface area contributed by atoms with E-state index in [0.717, 1.165) is 18.9 Å². The lowest BCUT2D eigenvalue weighted by molar-refractivity contribution is 0.270. The summed E-state index contributed by atoms with van der Waals surface area (Å²) in [5.74, 6) is 0.0120. The molecule has 0 unspecified atom stereocenters. The van der Waals surface area contributed by atoms with Crippen molar-refractivity contribution in [1.82, 2.24) is 10.0 Å². The van der Waals surface area contributed by atoms with Gasteiger partial charge in [0, 0.05) is 18.6 Å². The third-order valence-corrected chi connectivity index (χ3v) is 5.32. The van der Waals surface area contributed by atoms with Crippen molar-refractivity contribution in [3.8, 4) is 0 Å². The van der Waals surface area contributed by atoms with Crippen LogP contribution in [0.1, 0.15) is 39.2 Å². The zero-order chi connectivity index (χ0) is 15.6. The summed E-state index contributed by atoms with van der Waals surface area (Å²) in [5, 5.41) is 3.17. The second-order valence-electron chi connectivity index (χ2n) is 6.18. The van der Waals surface area contributed by atoms with Gasteiger partial charge in [-0.05, 0) is 36.5 Å². The SMILES string of the molecule is CC1CC(NS(=O)(=O)c2cc(F)ccc2CNC(C)C)C1. The van der Waals surface area contributed by atoms with Gasteiger partial charge < -0.3 is 5.32 Å². The van der Waals surface area contributed by atoms with E-state index in [1.165, 1.54) is 12.1 Å². The minimum atomic E-state index is -3.67. The van der Waals surface area contributed by atoms with Gasteiger partial charge >= 0.3 is 0 Å². The lowest BCUT2D eigenvalue weighted by atomic mass is 9.83. The van der Waals surface area contributed by atoms with Crippen molar-refractivity contribution in [1.29, 1.82) is 0 Å². The molecule has 0 atom stereocenters. The van der Waals surface area contributed by atoms with Crippen molar-refractivity contribution in [2.24, 2.45) is 5.92 Å². The first-order valence-electron chi connectivity index (χ1n) is 7.32. The molecule has 21 heavy (non-hydrogen) atoms. The number of benzene rings is 1. The van der Waals surface area contributed by atoms with Crippen molar-refractivity contribution in [3.63, 3.8) is 0 Å². The smallest absolute Gasteiger partial charge is 0.241 e. The zero-order valence-corrected chi connectivity index (χ0v) is 13.5. The molecule has 1 saturated carbocycles. The first-order valence-corrected chi connectivity index (χ1v) is 8.80. The van der Waals surface area contributed by atoms with Crippen molar-refractivity contribution in [2.45, 2.75) is 57.1 Å². The van der Waals surface area contributed by atoms with Gasteiger partial charge in [-0.2, -0.15) is 0 Å². The number of halogens is 1. The van der Waals surface area contributed by atoms with Gasteiger partial charge in [0.05, 0.1) is 4.90 Å². The van der Waals surface area contributed by atoms with Crippen LogP contribution in [0, 0.1) is 11.7 Å². The maximum atomic E-state index is 13.5. The largest absolute Gasteiger partial charge is 0.310 e. The highest BCUT2D eigenvalue weighted by Gasteiger charge is 2.30. The number of hydrogen-bond acceptors (Lipinski definition) is 3. The highest BCUT2D eigenvalue weighted by molar-refractivity contribution is 7.89. The Kier molecular flexibility index (Phi) is 5.01. The molecule has 1 aromatic rings. The molecule has 0 heterocycles. The van der Waals surface area contributed by atoms with E-state index in [-0.39, 0.29) is 17.0 Å². The lowest BCUT2D eigenvalue weighted by Gasteiger charge is -2.33. The number of hydrogen-bond donors (Lipinski definition) is 2. The molecule has 4 nitrogen and oxygen atoms in total. The molecule has 118 valence electrons. The zero-order valence-electron chi connectivity index (χ0n) is 12.7. The molecule has 0 bridgehead atoms. The van der Waals surface area contributed by atoms with Crippen molar-refractivity contribution >= 4 is 10.0 Å². The normalized spacial score (nSPS) is 22.3. The molecular weight excluding hydrogens is 291 g/mol. The summed E-state index contributed by atoms with van der Waals surface area (Å²) in [6, 6.07) is 4.12. The van der Waals surface area contributed by atoms with Crippen molar-refractivity contribution in [2.75, 3.05) is 0 Å². The summed E-state index contributed by atoms with van der Waals surface area (Å²) < 4.78 is 41.0. The number of sulfonamides is 1. The van der Waals surface area contributed by atoms with Crippen LogP contribution >= 0.6 is 0 Å². The van der Waals surface area contributed by atoms with Gasteiger partial charge in [0.15, 0.2) is 0 Å². The molecule has 0 spiro atoms. The number of rotatable bonds is 6. The highest BCUT2D eigenvalue weighted by Crippen LogP contribution is 2.28. The molecule has 1 fully saturated rings. The quantitative estimate of drug-likeness (QED) is 0.848. The summed E-state index contributed by atoms with van der Waals surface area (Å²) in [6.45, 7) is 6.44. The highest BCUT2D eigenvalue weighted by atomic mass is 32.2. The summed E-state index contributed by atoms with van der Waals surface area (Å²) in [5.41, 5.74) is 0.588. The second kappa shape index (κ2) is 6.42. The number of nitrogens with one attached hydrogen (secondary N) is 2. The molecule has 0 saturated heterocycles. The minimum absolute atomic E-state index is 0.0285. The second-order valence-corrected chi connectivity index (χ2v) is 7.86. The van der Waals surface area contributed by atoms with Crippen LogP contribution in [-0.2, 0) is 16.6 Å². The Labute approximate surface area is 126 Å². The van der Waals surface area contributed by atoms with Gasteiger partial charge in [0.2, 0.25) is 10.0 Å². The van der Waals surface area contributed by atoms with Crippen LogP contribution in [-0.4, -0.2) is 20.5 Å². The Morgan fingerprint density at radius 3 is 2.57 bits per heavy atom. The molecule has 1 aliphatic rings. The summed E-state index contributed by atoms with van der Waals surface area (Å²) in [6.07, 6.45) is 1.68. The van der Waals surface area contributed by atoms with Crippen LogP contribution in [0.2, 0.25) is 0 Å². The maximum absolute atomic E-state index is 13.5. The maximum Gasteiger partial charge on any atom is 0.241 e. The van der Waals surface area contributed by atoms with Gasteiger partial charge in [-0.1, -0.05) is 26.8 Å². The van der Waals surface area contributed by atoms with Gasteiger partial charge in [0.25, 0.3) is 0 Å². The average molecular weight is 314 g/mol. The minimum Gasteiger partial charge on any atom is -0.310 e. The predicted octanol–water partition coefficient (Wildman–Crippen LogP) is 2.40. The third kappa shape index (κ3) is 4.25. The van der Waals surface area contributed by atoms with E-state index in [1.807, 2.05) is 13.8 Å². The van der Waals surface area contributed by atoms with E-state index in [4.69, 9.17) is 0 Å². The van der Waals surface area contributed by atoms with E-state index < -0.39 is 15.8 Å². The van der Waals surface area contributed by atoms with Crippen LogP contribution in [0.4, 0.5) is 4.39 Å². The Morgan fingerprint density at radius 2 is 2.00 bits per heavy atom. The molecule has 2 rings (SSSR count).